The van der Waals surface area contributed by atoms with E-state index in [1.165, 1.54) is 7.11 Å². The number of rotatable bonds is 6. The molecule has 4 rings (SSSR count). The summed E-state index contributed by atoms with van der Waals surface area (Å²) in [6.07, 6.45) is 0.592. The molecule has 0 radical (unpaired) electrons. The number of aryl methyl sites for hydroxylation is 3. The van der Waals surface area contributed by atoms with Crippen molar-refractivity contribution in [3.63, 3.8) is 0 Å². The fourth-order valence-electron chi connectivity index (χ4n) is 4.58. The van der Waals surface area contributed by atoms with Gasteiger partial charge in [0.25, 0.3) is 11.8 Å². The van der Waals surface area contributed by atoms with Crippen molar-refractivity contribution in [3.8, 4) is 0 Å². The highest BCUT2D eigenvalue weighted by atomic mass is 31.2. The number of amides is 2. The molecule has 1 heterocycles. The molecule has 3 N–H and O–H groups in total. The van der Waals surface area contributed by atoms with E-state index in [0.29, 0.717) is 41.9 Å². The fraction of sp³-hybridized carbons (Fsp3) is 0.286. The standard InChI is InChI=1S/C28H32N3O5P/c1-18-11-14-25-24(16-18)26(36-37(29,34)35-4)10-7-15-31(25)28(33)23-13-12-21(17-20(23)3)30-27(32)22-9-6-5-8-19(22)2/h5-6,8-9,11-14,16-17,26H,7,10,15H2,1-4H3,(H2,29,34)(H,30,32). The van der Waals surface area contributed by atoms with Gasteiger partial charge in [0, 0.05) is 41.7 Å². The molecule has 0 saturated heterocycles. The summed E-state index contributed by atoms with van der Waals surface area (Å²) in [5, 5.41) is 2.92. The largest absolute Gasteiger partial charge is 0.403 e. The first kappa shape index (κ1) is 26.8. The monoisotopic (exact) mass is 521 g/mol. The summed E-state index contributed by atoms with van der Waals surface area (Å²) in [7, 11) is -2.47. The Morgan fingerprint density at radius 1 is 1.00 bits per heavy atom. The van der Waals surface area contributed by atoms with Gasteiger partial charge < -0.3 is 14.7 Å². The van der Waals surface area contributed by atoms with E-state index in [-0.39, 0.29) is 11.8 Å². The van der Waals surface area contributed by atoms with Crippen molar-refractivity contribution in [2.75, 3.05) is 23.9 Å². The van der Waals surface area contributed by atoms with Gasteiger partial charge in [-0.1, -0.05) is 35.9 Å². The number of carbonyl (C=O) groups is 2. The van der Waals surface area contributed by atoms with Crippen LogP contribution in [0.1, 0.15) is 61.9 Å². The summed E-state index contributed by atoms with van der Waals surface area (Å²) in [5.41, 5.74) is 11.5. The molecular formula is C28H32N3O5P. The highest BCUT2D eigenvalue weighted by Gasteiger charge is 2.32. The van der Waals surface area contributed by atoms with Crippen molar-refractivity contribution >= 4 is 30.9 Å². The van der Waals surface area contributed by atoms with Crippen LogP contribution in [0.2, 0.25) is 0 Å². The number of nitrogens with one attached hydrogen (secondary N) is 1. The Labute approximate surface area is 217 Å². The molecule has 0 bridgehead atoms. The van der Waals surface area contributed by atoms with Crippen LogP contribution >= 0.6 is 7.75 Å². The Morgan fingerprint density at radius 2 is 1.76 bits per heavy atom. The van der Waals surface area contributed by atoms with E-state index in [4.69, 9.17) is 14.6 Å². The first-order chi connectivity index (χ1) is 17.6. The zero-order chi connectivity index (χ0) is 26.7. The molecule has 0 fully saturated rings. The van der Waals surface area contributed by atoms with Gasteiger partial charge in [-0.2, -0.15) is 0 Å². The lowest BCUT2D eigenvalue weighted by atomic mass is 10.0. The minimum absolute atomic E-state index is 0.164. The van der Waals surface area contributed by atoms with Gasteiger partial charge in [0.1, 0.15) is 0 Å². The molecule has 0 spiro atoms. The Hall–Kier alpha value is -3.29. The lowest BCUT2D eigenvalue weighted by molar-refractivity contribution is 0.0984. The fourth-order valence-corrected chi connectivity index (χ4v) is 5.24. The van der Waals surface area contributed by atoms with E-state index >= 15 is 0 Å². The second kappa shape index (κ2) is 11.0. The molecule has 37 heavy (non-hydrogen) atoms. The molecular weight excluding hydrogens is 489 g/mol. The van der Waals surface area contributed by atoms with E-state index in [1.807, 2.05) is 57.2 Å². The maximum Gasteiger partial charge on any atom is 0.403 e. The number of fused-ring (bicyclic) bond motifs is 1. The topological polar surface area (TPSA) is 111 Å². The van der Waals surface area contributed by atoms with Gasteiger partial charge in [-0.15, -0.1) is 0 Å². The number of carbonyl (C=O) groups excluding carboxylic acids is 2. The molecule has 8 nitrogen and oxygen atoms in total. The van der Waals surface area contributed by atoms with Crippen molar-refractivity contribution < 1.29 is 23.2 Å². The van der Waals surface area contributed by atoms with Crippen LogP contribution < -0.4 is 15.7 Å². The molecule has 1 aliphatic heterocycles. The summed E-state index contributed by atoms with van der Waals surface area (Å²) >= 11 is 0. The Kier molecular flexibility index (Phi) is 7.95. The van der Waals surface area contributed by atoms with Gasteiger partial charge in [0.05, 0.1) is 6.10 Å². The Bertz CT molecular complexity index is 1390. The van der Waals surface area contributed by atoms with Gasteiger partial charge in [0.15, 0.2) is 0 Å². The van der Waals surface area contributed by atoms with E-state index in [9.17, 15) is 14.2 Å². The van der Waals surface area contributed by atoms with Crippen molar-refractivity contribution in [2.24, 2.45) is 5.50 Å². The lowest BCUT2D eigenvalue weighted by Gasteiger charge is -2.26. The predicted octanol–water partition coefficient (Wildman–Crippen LogP) is 6.08. The number of hydrogen-bond donors (Lipinski definition) is 2. The summed E-state index contributed by atoms with van der Waals surface area (Å²) in [6, 6.07) is 18.4. The lowest BCUT2D eigenvalue weighted by Crippen LogP contribution is -2.32. The van der Waals surface area contributed by atoms with Crippen LogP contribution in [-0.2, 0) is 13.6 Å². The molecule has 1 aliphatic rings. The van der Waals surface area contributed by atoms with Crippen molar-refractivity contribution in [2.45, 2.75) is 39.7 Å². The summed E-state index contributed by atoms with van der Waals surface area (Å²) in [5.74, 6) is -0.365. The summed E-state index contributed by atoms with van der Waals surface area (Å²) in [4.78, 5) is 28.2. The molecule has 2 amide bonds. The van der Waals surface area contributed by atoms with Gasteiger partial charge in [0.2, 0.25) is 0 Å². The van der Waals surface area contributed by atoms with Crippen molar-refractivity contribution in [1.29, 1.82) is 0 Å². The molecule has 2 unspecified atom stereocenters. The van der Waals surface area contributed by atoms with Crippen LogP contribution in [0.25, 0.3) is 0 Å². The number of nitrogens with zero attached hydrogens (tertiary/aromatic N) is 1. The number of anilines is 2. The molecule has 0 saturated carbocycles. The maximum absolute atomic E-state index is 13.8. The quantitative estimate of drug-likeness (QED) is 0.381. The van der Waals surface area contributed by atoms with Crippen LogP contribution in [-0.4, -0.2) is 25.5 Å². The Morgan fingerprint density at radius 3 is 2.46 bits per heavy atom. The van der Waals surface area contributed by atoms with Crippen molar-refractivity contribution in [1.82, 2.24) is 0 Å². The highest BCUT2D eigenvalue weighted by Crippen LogP contribution is 2.48. The van der Waals surface area contributed by atoms with E-state index in [2.05, 4.69) is 5.32 Å². The van der Waals surface area contributed by atoms with Gasteiger partial charge >= 0.3 is 7.75 Å². The number of hydrogen-bond acceptors (Lipinski definition) is 5. The van der Waals surface area contributed by atoms with E-state index in [1.54, 1.807) is 29.2 Å². The first-order valence-corrected chi connectivity index (χ1v) is 13.7. The zero-order valence-corrected chi connectivity index (χ0v) is 22.4. The molecule has 3 aromatic rings. The molecule has 3 aromatic carbocycles. The molecule has 2 atom stereocenters. The minimum Gasteiger partial charge on any atom is -0.322 e. The highest BCUT2D eigenvalue weighted by molar-refractivity contribution is 7.51. The molecule has 9 heteroatoms. The minimum atomic E-state index is -3.72. The summed E-state index contributed by atoms with van der Waals surface area (Å²) in [6.45, 7) is 6.14. The van der Waals surface area contributed by atoms with Gasteiger partial charge in [-0.05, 0) is 75.1 Å². The third kappa shape index (κ3) is 6.00. The van der Waals surface area contributed by atoms with Gasteiger partial charge in [-0.25, -0.2) is 10.1 Å². The number of nitrogens with two attached hydrogens (primary N) is 1. The van der Waals surface area contributed by atoms with Crippen LogP contribution in [0.5, 0.6) is 0 Å². The van der Waals surface area contributed by atoms with Crippen LogP contribution in [0.3, 0.4) is 0 Å². The second-order valence-corrected chi connectivity index (χ2v) is 10.9. The molecule has 0 aromatic heterocycles. The SMILES string of the molecule is COP(N)(=O)OC1CCCN(C(=O)c2ccc(NC(=O)c3ccccc3C)cc2C)c2ccc(C)cc21. The smallest absolute Gasteiger partial charge is 0.322 e. The normalized spacial score (nSPS) is 16.9. The third-order valence-corrected chi connectivity index (χ3v) is 7.60. The zero-order valence-electron chi connectivity index (χ0n) is 21.5. The number of benzene rings is 3. The first-order valence-electron chi connectivity index (χ1n) is 12.1. The average Bonchev–Trinajstić information content (AvgIpc) is 3.03. The van der Waals surface area contributed by atoms with Crippen molar-refractivity contribution in [3.05, 3.63) is 94.0 Å². The van der Waals surface area contributed by atoms with Crippen LogP contribution in [0.4, 0.5) is 11.4 Å². The molecule has 194 valence electrons. The predicted molar refractivity (Wildman–Crippen MR) is 145 cm³/mol. The van der Waals surface area contributed by atoms with Gasteiger partial charge in [-0.3, -0.25) is 14.1 Å². The van der Waals surface area contributed by atoms with E-state index < -0.39 is 13.9 Å². The third-order valence-electron chi connectivity index (χ3n) is 6.55. The van der Waals surface area contributed by atoms with Crippen LogP contribution in [0.15, 0.2) is 60.7 Å². The molecule has 0 aliphatic carbocycles. The van der Waals surface area contributed by atoms with E-state index in [0.717, 1.165) is 22.3 Å². The summed E-state index contributed by atoms with van der Waals surface area (Å²) < 4.78 is 22.9. The average molecular weight is 522 g/mol. The van der Waals surface area contributed by atoms with Crippen LogP contribution in [0, 0.1) is 20.8 Å². The maximum atomic E-state index is 13.8. The second-order valence-electron chi connectivity index (χ2n) is 9.28. The Balaban J connectivity index is 1.61.